The van der Waals surface area contributed by atoms with Gasteiger partial charge in [-0.05, 0) is 117 Å². The van der Waals surface area contributed by atoms with Crippen LogP contribution >= 0.6 is 0 Å². The molecule has 2 N–H and O–H groups in total. The highest BCUT2D eigenvalue weighted by molar-refractivity contribution is 7.90. The van der Waals surface area contributed by atoms with Crippen molar-refractivity contribution in [2.75, 3.05) is 65.7 Å². The summed E-state index contributed by atoms with van der Waals surface area (Å²) in [5.41, 5.74) is 7.69. The number of carbonyl (C=O) groups excluding carboxylic acids is 3. The van der Waals surface area contributed by atoms with E-state index in [1.165, 1.54) is 11.2 Å². The zero-order valence-corrected chi connectivity index (χ0v) is 40.3. The number of primary amides is 1. The molecule has 0 aromatic heterocycles. The van der Waals surface area contributed by atoms with E-state index in [2.05, 4.69) is 6.92 Å². The molecule has 1 aliphatic rings. The molecule has 1 atom stereocenters. The molecule has 0 bridgehead atoms. The molecule has 6 rings (SSSR count). The van der Waals surface area contributed by atoms with Crippen LogP contribution in [0.15, 0.2) is 102 Å². The van der Waals surface area contributed by atoms with Crippen LogP contribution in [0.25, 0.3) is 21.9 Å². The quantitative estimate of drug-likeness (QED) is 0.0391. The number of carbonyl (C=O) groups is 3. The van der Waals surface area contributed by atoms with Crippen LogP contribution in [0.2, 0.25) is 0 Å². The van der Waals surface area contributed by atoms with Gasteiger partial charge < -0.3 is 48.5 Å². The molecule has 2 amide bonds. The molecule has 0 radical (unpaired) electrons. The molecular weight excluding hydrogens is 893 g/mol. The molecule has 0 fully saturated rings. The van der Waals surface area contributed by atoms with Crippen molar-refractivity contribution in [3.05, 3.63) is 108 Å². The normalized spacial score (nSPS) is 13.0. The largest absolute Gasteiger partial charge is 0.494 e. The molecular formula is C52H62N2O13S. The molecule has 1 aliphatic heterocycles. The van der Waals surface area contributed by atoms with Gasteiger partial charge in [0, 0.05) is 34.8 Å². The first-order chi connectivity index (χ1) is 32.6. The number of hydrogen-bond donors (Lipinski definition) is 1. The van der Waals surface area contributed by atoms with Crippen LogP contribution in [-0.4, -0.2) is 108 Å². The van der Waals surface area contributed by atoms with E-state index in [1.807, 2.05) is 54.6 Å². The first-order valence-corrected chi connectivity index (χ1v) is 24.7. The van der Waals surface area contributed by atoms with Crippen molar-refractivity contribution < 1.29 is 60.7 Å². The van der Waals surface area contributed by atoms with Gasteiger partial charge in [-0.2, -0.15) is 0 Å². The molecule has 0 aliphatic carbocycles. The van der Waals surface area contributed by atoms with Crippen molar-refractivity contribution in [1.29, 1.82) is 0 Å². The maximum absolute atomic E-state index is 13.3. The van der Waals surface area contributed by atoms with Crippen molar-refractivity contribution >= 4 is 38.4 Å². The number of fused-ring (bicyclic) bond motifs is 2. The zero-order valence-electron chi connectivity index (χ0n) is 39.5. The third-order valence-electron chi connectivity index (χ3n) is 10.8. The zero-order chi connectivity index (χ0) is 48.7. The van der Waals surface area contributed by atoms with Crippen molar-refractivity contribution in [2.45, 2.75) is 76.5 Å². The standard InChI is InChI=1S/C52H62N2O13S/c1-6-7-25-63-40-18-22-43-37(34-40)13-21-42(36-11-19-41(20-12-36)68(5,58)59)49(43)66-39-16-14-38(15-17-39)64-32-30-61-28-26-60-27-29-62-31-33-65-47-10-8-9-44-45(47)35-54(51(44)57)46(50(53)56)23-24-48(55)67-52(2,3)4/h8-22,34,46H,6-7,23-33,35H2,1-5H3,(H2,53,56)/t46-/m1/s1. The highest BCUT2D eigenvalue weighted by Gasteiger charge is 2.37. The Balaban J connectivity index is 0.882. The number of amides is 2. The Bertz CT molecular complexity index is 2590. The minimum absolute atomic E-state index is 0.0508. The molecule has 16 heteroatoms. The first-order valence-electron chi connectivity index (χ1n) is 22.8. The first kappa shape index (κ1) is 51.2. The van der Waals surface area contributed by atoms with Gasteiger partial charge in [-0.15, -0.1) is 0 Å². The lowest BCUT2D eigenvalue weighted by atomic mass is 9.99. The third-order valence-corrected chi connectivity index (χ3v) is 11.9. The Morgan fingerprint density at radius 3 is 1.97 bits per heavy atom. The smallest absolute Gasteiger partial charge is 0.306 e. The Hall–Kier alpha value is -6.20. The van der Waals surface area contributed by atoms with E-state index >= 15 is 0 Å². The molecule has 5 aromatic carbocycles. The molecule has 0 unspecified atom stereocenters. The van der Waals surface area contributed by atoms with Gasteiger partial charge in [0.05, 0.1) is 57.7 Å². The molecule has 0 saturated carbocycles. The van der Waals surface area contributed by atoms with Crippen LogP contribution in [0.4, 0.5) is 0 Å². The summed E-state index contributed by atoms with van der Waals surface area (Å²) in [5, 5.41) is 1.83. The fourth-order valence-corrected chi connectivity index (χ4v) is 8.06. The van der Waals surface area contributed by atoms with E-state index in [4.69, 9.17) is 43.6 Å². The summed E-state index contributed by atoms with van der Waals surface area (Å²) in [6, 6.07) is 28.2. The van der Waals surface area contributed by atoms with Crippen LogP contribution in [0.5, 0.6) is 28.7 Å². The summed E-state index contributed by atoms with van der Waals surface area (Å²) in [7, 11) is -3.35. The maximum atomic E-state index is 13.3. The topological polar surface area (TPSA) is 188 Å². The number of benzene rings is 5. The van der Waals surface area contributed by atoms with Crippen LogP contribution in [0.3, 0.4) is 0 Å². The summed E-state index contributed by atoms with van der Waals surface area (Å²) in [4.78, 5) is 39.5. The molecule has 1 heterocycles. The van der Waals surface area contributed by atoms with Gasteiger partial charge in [0.15, 0.2) is 9.84 Å². The summed E-state index contributed by atoms with van der Waals surface area (Å²) < 4.78 is 70.9. The van der Waals surface area contributed by atoms with Crippen molar-refractivity contribution in [2.24, 2.45) is 5.73 Å². The average molecular weight is 955 g/mol. The Kier molecular flexibility index (Phi) is 18.2. The molecule has 364 valence electrons. The summed E-state index contributed by atoms with van der Waals surface area (Å²) in [6.07, 6.45) is 3.19. The fourth-order valence-electron chi connectivity index (χ4n) is 7.43. The lowest BCUT2D eigenvalue weighted by molar-refractivity contribution is -0.155. The molecule has 5 aromatic rings. The van der Waals surface area contributed by atoms with Crippen LogP contribution in [-0.2, 0) is 44.9 Å². The fraction of sp³-hybridized carbons (Fsp3) is 0.404. The van der Waals surface area contributed by atoms with Crippen molar-refractivity contribution in [1.82, 2.24) is 4.90 Å². The molecule has 68 heavy (non-hydrogen) atoms. The van der Waals surface area contributed by atoms with Gasteiger partial charge in [-0.3, -0.25) is 14.4 Å². The second-order valence-corrected chi connectivity index (χ2v) is 19.2. The lowest BCUT2D eigenvalue weighted by Crippen LogP contribution is -2.45. The van der Waals surface area contributed by atoms with Gasteiger partial charge in [0.25, 0.3) is 5.91 Å². The Morgan fingerprint density at radius 2 is 1.34 bits per heavy atom. The van der Waals surface area contributed by atoms with E-state index in [0.717, 1.165) is 40.5 Å². The predicted molar refractivity (Wildman–Crippen MR) is 257 cm³/mol. The van der Waals surface area contributed by atoms with Gasteiger partial charge in [-0.25, -0.2) is 8.42 Å². The van der Waals surface area contributed by atoms with E-state index in [0.29, 0.717) is 80.4 Å². The van der Waals surface area contributed by atoms with E-state index in [1.54, 1.807) is 63.2 Å². The maximum Gasteiger partial charge on any atom is 0.306 e. The Morgan fingerprint density at radius 1 is 0.721 bits per heavy atom. The summed E-state index contributed by atoms with van der Waals surface area (Å²) in [5.74, 6) is 1.65. The second kappa shape index (κ2) is 24.2. The number of nitrogens with two attached hydrogens (primary N) is 1. The molecule has 0 saturated heterocycles. The Labute approximate surface area is 398 Å². The highest BCUT2D eigenvalue weighted by atomic mass is 32.2. The predicted octanol–water partition coefficient (Wildman–Crippen LogP) is 8.32. The number of hydrogen-bond acceptors (Lipinski definition) is 13. The molecule has 0 spiro atoms. The summed E-state index contributed by atoms with van der Waals surface area (Å²) in [6.45, 7) is 10.8. The second-order valence-electron chi connectivity index (χ2n) is 17.2. The average Bonchev–Trinajstić information content (AvgIpc) is 3.63. The summed E-state index contributed by atoms with van der Waals surface area (Å²) >= 11 is 0. The minimum Gasteiger partial charge on any atom is -0.494 e. The lowest BCUT2D eigenvalue weighted by Gasteiger charge is -2.26. The van der Waals surface area contributed by atoms with Gasteiger partial charge >= 0.3 is 5.97 Å². The van der Waals surface area contributed by atoms with Crippen LogP contribution in [0.1, 0.15) is 69.3 Å². The van der Waals surface area contributed by atoms with Crippen LogP contribution < -0.4 is 24.7 Å². The van der Waals surface area contributed by atoms with E-state index < -0.39 is 33.4 Å². The van der Waals surface area contributed by atoms with Crippen molar-refractivity contribution in [3.8, 4) is 39.9 Å². The number of unbranched alkanes of at least 4 members (excludes halogenated alkanes) is 1. The van der Waals surface area contributed by atoms with Gasteiger partial charge in [-0.1, -0.05) is 37.6 Å². The van der Waals surface area contributed by atoms with E-state index in [9.17, 15) is 22.8 Å². The number of esters is 1. The van der Waals surface area contributed by atoms with Crippen molar-refractivity contribution in [3.63, 3.8) is 0 Å². The number of ether oxygens (including phenoxy) is 8. The number of sulfone groups is 1. The number of nitrogens with zero attached hydrogens (tertiary/aromatic N) is 1. The highest BCUT2D eigenvalue weighted by Crippen LogP contribution is 2.41. The van der Waals surface area contributed by atoms with Crippen LogP contribution in [0, 0.1) is 0 Å². The van der Waals surface area contributed by atoms with Gasteiger partial charge in [0.2, 0.25) is 5.91 Å². The molecule has 15 nitrogen and oxygen atoms in total. The number of rotatable bonds is 27. The minimum atomic E-state index is -3.35. The van der Waals surface area contributed by atoms with Gasteiger partial charge in [0.1, 0.15) is 53.6 Å². The SMILES string of the molecule is CCCCOc1ccc2c(Oc3ccc(OCCOCCOCCOCCOc4cccc5c4CN([C@H](CCC(=O)OC(C)(C)C)C(N)=O)C5=O)cc3)c(-c3ccc(S(C)(=O)=O)cc3)ccc2c1. The van der Waals surface area contributed by atoms with E-state index in [-0.39, 0.29) is 43.4 Å². The monoisotopic (exact) mass is 954 g/mol. The third kappa shape index (κ3) is 14.6.